The number of esters is 1. The van der Waals surface area contributed by atoms with E-state index in [1.165, 1.54) is 0 Å². The maximum atomic E-state index is 11.2. The van der Waals surface area contributed by atoms with Gasteiger partial charge in [-0.25, -0.2) is 0 Å². The second-order valence-electron chi connectivity index (χ2n) is 4.14. The normalized spacial score (nSPS) is 11.5. The van der Waals surface area contributed by atoms with Gasteiger partial charge in [0, 0.05) is 11.3 Å². The van der Waals surface area contributed by atoms with E-state index in [9.17, 15) is 4.79 Å². The Balaban J connectivity index is 3.46. The Morgan fingerprint density at radius 1 is 1.47 bits per heavy atom. The number of carbonyl (C=O) groups excluding carboxylic acids is 1. The Morgan fingerprint density at radius 2 is 2.13 bits per heavy atom. The lowest BCUT2D eigenvalue weighted by Gasteiger charge is -2.21. The molecule has 0 aromatic heterocycles. The van der Waals surface area contributed by atoms with Crippen LogP contribution in [0, 0.1) is 0 Å². The highest BCUT2D eigenvalue weighted by atomic mass is 32.2. The summed E-state index contributed by atoms with van der Waals surface area (Å²) < 4.78 is 5.19. The van der Waals surface area contributed by atoms with Crippen molar-refractivity contribution in [1.82, 2.24) is 5.32 Å². The second kappa shape index (κ2) is 7.99. The molecule has 0 radical (unpaired) electrons. The van der Waals surface area contributed by atoms with Gasteiger partial charge >= 0.3 is 5.97 Å². The monoisotopic (exact) mass is 233 g/mol. The summed E-state index contributed by atoms with van der Waals surface area (Å²) >= 11 is 1.79. The highest BCUT2D eigenvalue weighted by molar-refractivity contribution is 7.99. The van der Waals surface area contributed by atoms with Crippen LogP contribution in [0.2, 0.25) is 0 Å². The maximum absolute atomic E-state index is 11.2. The van der Waals surface area contributed by atoms with E-state index < -0.39 is 0 Å². The number of thioether (sulfide) groups is 1. The zero-order valence-electron chi connectivity index (χ0n) is 10.3. The molecule has 0 bridgehead atoms. The third-order valence-corrected chi connectivity index (χ3v) is 3.38. The van der Waals surface area contributed by atoms with E-state index in [4.69, 9.17) is 4.74 Å². The first-order valence-corrected chi connectivity index (χ1v) is 6.66. The number of rotatable bonds is 8. The van der Waals surface area contributed by atoms with Crippen LogP contribution in [0.5, 0.6) is 0 Å². The number of nitrogens with one attached hydrogen (secondary N) is 1. The van der Waals surface area contributed by atoms with E-state index in [0.29, 0.717) is 13.2 Å². The van der Waals surface area contributed by atoms with E-state index in [0.717, 1.165) is 19.4 Å². The molecule has 0 amide bonds. The molecule has 0 rings (SSSR count). The standard InChI is InChI=1S/C11H23NO2S/c1-5-6-7-14-10(13)8-12-9-11(2,3)15-4/h12H,5-9H2,1-4H3. The largest absolute Gasteiger partial charge is 0.465 e. The number of unbranched alkanes of at least 4 members (excludes halogenated alkanes) is 1. The van der Waals surface area contributed by atoms with E-state index in [2.05, 4.69) is 32.3 Å². The highest BCUT2D eigenvalue weighted by Gasteiger charge is 2.15. The van der Waals surface area contributed by atoms with Crippen LogP contribution in [0.1, 0.15) is 33.6 Å². The average molecular weight is 233 g/mol. The Bertz CT molecular complexity index is 183. The lowest BCUT2D eigenvalue weighted by Crippen LogP contribution is -2.35. The van der Waals surface area contributed by atoms with Crippen molar-refractivity contribution in [2.75, 3.05) is 26.0 Å². The molecule has 1 N–H and O–H groups in total. The van der Waals surface area contributed by atoms with Crippen LogP contribution in [-0.2, 0) is 9.53 Å². The smallest absolute Gasteiger partial charge is 0.319 e. The van der Waals surface area contributed by atoms with Crippen molar-refractivity contribution in [3.8, 4) is 0 Å². The van der Waals surface area contributed by atoms with E-state index >= 15 is 0 Å². The molecule has 0 spiro atoms. The summed E-state index contributed by atoms with van der Waals surface area (Å²) in [5, 5.41) is 3.11. The van der Waals surface area contributed by atoms with Crippen LogP contribution >= 0.6 is 11.8 Å². The SMILES string of the molecule is CCCCOC(=O)CNCC(C)(C)SC. The third kappa shape index (κ3) is 8.75. The molecule has 4 heteroatoms. The molecule has 0 fully saturated rings. The van der Waals surface area contributed by atoms with E-state index in [1.807, 2.05) is 0 Å². The Hall–Kier alpha value is -0.220. The van der Waals surface area contributed by atoms with E-state index in [-0.39, 0.29) is 10.7 Å². The molecule has 0 saturated heterocycles. The maximum Gasteiger partial charge on any atom is 0.319 e. The summed E-state index contributed by atoms with van der Waals surface area (Å²) in [6.45, 7) is 8.04. The quantitative estimate of drug-likeness (QED) is 0.514. The van der Waals surface area contributed by atoms with Crippen LogP contribution in [0.25, 0.3) is 0 Å². The van der Waals surface area contributed by atoms with Crippen LogP contribution in [0.3, 0.4) is 0 Å². The van der Waals surface area contributed by atoms with E-state index in [1.54, 1.807) is 11.8 Å². The molecule has 0 unspecified atom stereocenters. The summed E-state index contributed by atoms with van der Waals surface area (Å²) in [6, 6.07) is 0. The first-order chi connectivity index (χ1) is 7.02. The number of hydrogen-bond acceptors (Lipinski definition) is 4. The molecule has 15 heavy (non-hydrogen) atoms. The van der Waals surface area contributed by atoms with Crippen molar-refractivity contribution >= 4 is 17.7 Å². The molecule has 0 atom stereocenters. The summed E-state index contributed by atoms with van der Waals surface area (Å²) in [7, 11) is 0. The van der Waals surface area contributed by atoms with Gasteiger partial charge in [-0.1, -0.05) is 13.3 Å². The summed E-state index contributed by atoms with van der Waals surface area (Å²) in [6.07, 6.45) is 4.07. The fourth-order valence-electron chi connectivity index (χ4n) is 0.919. The zero-order valence-corrected chi connectivity index (χ0v) is 11.1. The van der Waals surface area contributed by atoms with Crippen molar-refractivity contribution in [3.63, 3.8) is 0 Å². The lowest BCUT2D eigenvalue weighted by atomic mass is 10.2. The van der Waals surface area contributed by atoms with Gasteiger partial charge in [0.05, 0.1) is 13.2 Å². The zero-order chi connectivity index (χ0) is 11.7. The van der Waals surface area contributed by atoms with Gasteiger partial charge in [0.25, 0.3) is 0 Å². The highest BCUT2D eigenvalue weighted by Crippen LogP contribution is 2.19. The minimum Gasteiger partial charge on any atom is -0.465 e. The Kier molecular flexibility index (Phi) is 7.88. The molecule has 0 aromatic carbocycles. The second-order valence-corrected chi connectivity index (χ2v) is 5.65. The van der Waals surface area contributed by atoms with Gasteiger partial charge in [-0.3, -0.25) is 4.79 Å². The number of ether oxygens (including phenoxy) is 1. The topological polar surface area (TPSA) is 38.3 Å². The lowest BCUT2D eigenvalue weighted by molar-refractivity contribution is -0.142. The number of carbonyl (C=O) groups is 1. The van der Waals surface area contributed by atoms with Crippen molar-refractivity contribution in [2.24, 2.45) is 0 Å². The predicted octanol–water partition coefficient (Wildman–Crippen LogP) is 2.06. The Morgan fingerprint density at radius 3 is 2.67 bits per heavy atom. The van der Waals surface area contributed by atoms with Gasteiger partial charge in [-0.15, -0.1) is 0 Å². The first-order valence-electron chi connectivity index (χ1n) is 5.43. The molecular weight excluding hydrogens is 210 g/mol. The van der Waals surface area contributed by atoms with Gasteiger partial charge in [-0.05, 0) is 26.5 Å². The van der Waals surface area contributed by atoms with Gasteiger partial charge in [0.15, 0.2) is 0 Å². The average Bonchev–Trinajstić information content (AvgIpc) is 2.18. The molecule has 90 valence electrons. The predicted molar refractivity (Wildman–Crippen MR) is 66.3 cm³/mol. The van der Waals surface area contributed by atoms with Gasteiger partial charge in [0.2, 0.25) is 0 Å². The van der Waals surface area contributed by atoms with Crippen LogP contribution in [0.4, 0.5) is 0 Å². The fourth-order valence-corrected chi connectivity index (χ4v) is 1.17. The van der Waals surface area contributed by atoms with Gasteiger partial charge < -0.3 is 10.1 Å². The molecule has 0 heterocycles. The molecule has 0 aromatic rings. The van der Waals surface area contributed by atoms with Crippen LogP contribution < -0.4 is 5.32 Å². The minimum absolute atomic E-state index is 0.152. The molecule has 0 aliphatic carbocycles. The minimum atomic E-state index is -0.152. The van der Waals surface area contributed by atoms with Crippen molar-refractivity contribution < 1.29 is 9.53 Å². The van der Waals surface area contributed by atoms with Gasteiger partial charge in [0.1, 0.15) is 0 Å². The summed E-state index contributed by atoms with van der Waals surface area (Å²) in [5.74, 6) is -0.152. The third-order valence-electron chi connectivity index (χ3n) is 2.13. The fraction of sp³-hybridized carbons (Fsp3) is 0.909. The molecule has 0 aliphatic rings. The van der Waals surface area contributed by atoms with Crippen molar-refractivity contribution in [1.29, 1.82) is 0 Å². The molecular formula is C11H23NO2S. The first kappa shape index (κ1) is 14.8. The van der Waals surface area contributed by atoms with Crippen molar-refractivity contribution in [3.05, 3.63) is 0 Å². The molecule has 0 aliphatic heterocycles. The van der Waals surface area contributed by atoms with Crippen LogP contribution in [-0.4, -0.2) is 36.7 Å². The van der Waals surface area contributed by atoms with Crippen molar-refractivity contribution in [2.45, 2.75) is 38.4 Å². The van der Waals surface area contributed by atoms with Gasteiger partial charge in [-0.2, -0.15) is 11.8 Å². The van der Waals surface area contributed by atoms with Crippen LogP contribution in [0.15, 0.2) is 0 Å². The summed E-state index contributed by atoms with van der Waals surface area (Å²) in [4.78, 5) is 11.2. The Labute approximate surface area is 97.3 Å². The summed E-state index contributed by atoms with van der Waals surface area (Å²) in [5.41, 5.74) is 0. The molecule has 3 nitrogen and oxygen atoms in total. The number of hydrogen-bond donors (Lipinski definition) is 1. The molecule has 0 saturated carbocycles.